The number of nitrogens with two attached hydrogens (primary N) is 1. The van der Waals surface area contributed by atoms with E-state index in [0.717, 1.165) is 0 Å². The Balaban J connectivity index is 1.95. The van der Waals surface area contributed by atoms with Crippen LogP contribution >= 0.6 is 0 Å². The number of aromatic hydroxyl groups is 1. The Morgan fingerprint density at radius 2 is 1.95 bits per heavy atom. The van der Waals surface area contributed by atoms with Crippen LogP contribution in [0.2, 0.25) is 0 Å². The Morgan fingerprint density at radius 1 is 1.30 bits per heavy atom. The van der Waals surface area contributed by atoms with Gasteiger partial charge in [-0.25, -0.2) is 0 Å². The number of carbonyl (C=O) groups is 4. The van der Waals surface area contributed by atoms with Crippen LogP contribution in [0.5, 0.6) is 11.5 Å². The lowest BCUT2D eigenvalue weighted by Crippen LogP contribution is -2.64. The number of alkyl halides is 3. The number of hydrogen-bond acceptors (Lipinski definition) is 11. The summed E-state index contributed by atoms with van der Waals surface area (Å²) in [6.45, 7) is 1.01. The van der Waals surface area contributed by atoms with E-state index in [4.69, 9.17) is 11.3 Å². The van der Waals surface area contributed by atoms with Gasteiger partial charge >= 0.3 is 6.36 Å². The lowest BCUT2D eigenvalue weighted by atomic mass is 9.58. The number of aliphatic hydroxyl groups is 3. The first-order valence-corrected chi connectivity index (χ1v) is 12.6. The van der Waals surface area contributed by atoms with Crippen molar-refractivity contribution in [2.75, 3.05) is 25.5 Å². The first-order valence-electron chi connectivity index (χ1n) is 12.6. The molecule has 2 amide bonds. The summed E-state index contributed by atoms with van der Waals surface area (Å²) in [7, 11) is 1.47. The van der Waals surface area contributed by atoms with Gasteiger partial charge < -0.3 is 36.2 Å². The first-order chi connectivity index (χ1) is 20.0. The number of amides is 2. The summed E-state index contributed by atoms with van der Waals surface area (Å²) < 4.78 is 44.3. The highest BCUT2D eigenvalue weighted by Crippen LogP contribution is 2.54. The van der Waals surface area contributed by atoms with Crippen LogP contribution in [0.1, 0.15) is 29.3 Å². The van der Waals surface area contributed by atoms with Crippen LogP contribution in [0, 0.1) is 11.8 Å². The van der Waals surface area contributed by atoms with Gasteiger partial charge in [0.05, 0.1) is 17.3 Å². The lowest BCUT2D eigenvalue weighted by Gasteiger charge is -2.50. The number of phenolic OH excluding ortho intramolecular Hbond substituents is 1. The van der Waals surface area contributed by atoms with Gasteiger partial charge in [-0.3, -0.25) is 24.1 Å². The van der Waals surface area contributed by atoms with Gasteiger partial charge in [-0.15, -0.1) is 13.2 Å². The number of halogens is 3. The summed E-state index contributed by atoms with van der Waals surface area (Å²) >= 11 is 0. The zero-order valence-corrected chi connectivity index (χ0v) is 22.5. The molecule has 15 nitrogen and oxygen atoms in total. The molecular weight excluding hydrogens is 585 g/mol. The standard InChI is InChI=1S/C25H25F3N6O9/c1-3-34(2)17-10-5-8-4-9-12(43-25(26,27)28)6-11(32-13(35)7-31-33-30)18(36)15(9)19(37)14(8)21(39)24(10,42)22(40)16(20(17)38)23(29)41/h6,8,10,17,36,38-39,42H,3-5,7H2,1-2H3,(H2,29,41)(H,32,35)/t8-,10-,17-,24-/m0/s1. The number of likely N-dealkylation sites (N-methyl/N-ethyl adjacent to an activating group) is 1. The molecule has 1 aromatic carbocycles. The Hall–Kier alpha value is -4.80. The number of nitrogens with one attached hydrogen (secondary N) is 1. The summed E-state index contributed by atoms with van der Waals surface area (Å²) in [6, 6.07) is -0.675. The monoisotopic (exact) mass is 610 g/mol. The zero-order chi connectivity index (χ0) is 32.2. The largest absolute Gasteiger partial charge is 0.573 e. The molecule has 0 radical (unpaired) electrons. The SMILES string of the molecule is CCN(C)[C@@H]1C(O)=C(C(N)=O)C(=O)[C@@]2(O)C(O)=C3C(=O)c4c(O)c(NC(=O)CN=[N+]=[N-])cc(OC(F)(F)F)c4C[C@H]3C[C@@H]12. The van der Waals surface area contributed by atoms with E-state index in [1.165, 1.54) is 11.9 Å². The van der Waals surface area contributed by atoms with Gasteiger partial charge in [-0.2, -0.15) is 0 Å². The number of benzene rings is 1. The van der Waals surface area contributed by atoms with Gasteiger partial charge in [0.25, 0.3) is 5.91 Å². The maximum Gasteiger partial charge on any atom is 0.573 e. The van der Waals surface area contributed by atoms with Gasteiger partial charge in [0.15, 0.2) is 17.1 Å². The van der Waals surface area contributed by atoms with Gasteiger partial charge in [-0.1, -0.05) is 12.0 Å². The average molecular weight is 611 g/mol. The quantitative estimate of drug-likeness (QED) is 0.0856. The Bertz CT molecular complexity index is 1570. The van der Waals surface area contributed by atoms with Gasteiger partial charge in [-0.05, 0) is 37.9 Å². The molecule has 0 fully saturated rings. The number of ether oxygens (including phenoxy) is 1. The van der Waals surface area contributed by atoms with Crippen LogP contribution in [-0.4, -0.2) is 86.8 Å². The Morgan fingerprint density at radius 3 is 2.51 bits per heavy atom. The predicted molar refractivity (Wildman–Crippen MR) is 138 cm³/mol. The molecule has 1 aromatic rings. The minimum absolute atomic E-state index is 0.191. The number of nitrogens with zero attached hydrogens (tertiary/aromatic N) is 4. The number of rotatable bonds is 7. The maximum atomic E-state index is 13.8. The van der Waals surface area contributed by atoms with Crippen LogP contribution in [-0.2, 0) is 20.8 Å². The van der Waals surface area contributed by atoms with E-state index in [1.54, 1.807) is 6.92 Å². The number of hydrogen-bond donors (Lipinski definition) is 6. The van der Waals surface area contributed by atoms with E-state index >= 15 is 0 Å². The number of primary amides is 1. The van der Waals surface area contributed by atoms with Crippen molar-refractivity contribution in [2.45, 2.75) is 37.8 Å². The third-order valence-electron chi connectivity index (χ3n) is 7.88. The van der Waals surface area contributed by atoms with E-state index < -0.39 is 117 Å². The number of carbonyl (C=O) groups excluding carboxylic acids is 4. The number of aliphatic hydroxyl groups excluding tert-OH is 2. The number of phenols is 1. The third-order valence-corrected chi connectivity index (χ3v) is 7.88. The highest BCUT2D eigenvalue weighted by atomic mass is 19.4. The molecule has 0 aliphatic heterocycles. The Labute approximate surface area is 239 Å². The van der Waals surface area contributed by atoms with Crippen LogP contribution in [0.3, 0.4) is 0 Å². The maximum absolute atomic E-state index is 13.8. The van der Waals surface area contributed by atoms with Crippen LogP contribution in [0.25, 0.3) is 10.4 Å². The number of fused-ring (bicyclic) bond motifs is 3. The van der Waals surface area contributed by atoms with Crippen molar-refractivity contribution >= 4 is 29.1 Å². The molecule has 4 rings (SSSR count). The fourth-order valence-corrected chi connectivity index (χ4v) is 5.99. The van der Waals surface area contributed by atoms with E-state index in [-0.39, 0.29) is 13.0 Å². The van der Waals surface area contributed by atoms with Crippen molar-refractivity contribution < 1.29 is 57.5 Å². The minimum Gasteiger partial charge on any atom is -0.510 e. The molecular formula is C25H25F3N6O9. The highest BCUT2D eigenvalue weighted by Gasteiger charge is 2.63. The van der Waals surface area contributed by atoms with Gasteiger partial charge in [0.1, 0.15) is 29.4 Å². The third kappa shape index (κ3) is 4.98. The average Bonchev–Trinajstić information content (AvgIpc) is 2.90. The van der Waals surface area contributed by atoms with E-state index in [1.807, 2.05) is 5.32 Å². The topological polar surface area (TPSA) is 248 Å². The number of ketones is 2. The van der Waals surface area contributed by atoms with Gasteiger partial charge in [0.2, 0.25) is 11.7 Å². The molecule has 230 valence electrons. The molecule has 0 bridgehead atoms. The number of allylic oxidation sites excluding steroid dienone is 1. The smallest absolute Gasteiger partial charge is 0.510 e. The van der Waals surface area contributed by atoms with E-state index in [9.17, 15) is 52.8 Å². The van der Waals surface area contributed by atoms with Gasteiger partial charge in [0, 0.05) is 28.0 Å². The molecule has 0 aromatic heterocycles. The van der Waals surface area contributed by atoms with Crippen molar-refractivity contribution in [3.63, 3.8) is 0 Å². The second kappa shape index (κ2) is 10.8. The summed E-state index contributed by atoms with van der Waals surface area (Å²) in [5.41, 5.74) is 7.05. The van der Waals surface area contributed by atoms with Crippen molar-refractivity contribution in [1.29, 1.82) is 0 Å². The molecule has 0 unspecified atom stereocenters. The lowest BCUT2D eigenvalue weighted by molar-refractivity contribution is -0.275. The fourth-order valence-electron chi connectivity index (χ4n) is 5.99. The molecule has 3 aliphatic rings. The Kier molecular flexibility index (Phi) is 7.82. The normalized spacial score (nSPS) is 25.0. The van der Waals surface area contributed by atoms with E-state index in [0.29, 0.717) is 6.07 Å². The summed E-state index contributed by atoms with van der Waals surface area (Å²) in [5, 5.41) is 49.8. The molecule has 0 heterocycles. The molecule has 43 heavy (non-hydrogen) atoms. The number of Topliss-reactive ketones (excluding diaryl/α,β-unsaturated/α-hetero) is 2. The van der Waals surface area contributed by atoms with Crippen LogP contribution in [0.4, 0.5) is 18.9 Å². The zero-order valence-electron chi connectivity index (χ0n) is 22.5. The van der Waals surface area contributed by atoms with Crippen molar-refractivity contribution in [3.05, 3.63) is 50.3 Å². The second-order valence-electron chi connectivity index (χ2n) is 10.2. The molecule has 18 heteroatoms. The highest BCUT2D eigenvalue weighted by molar-refractivity contribution is 6.25. The number of azide groups is 1. The van der Waals surface area contributed by atoms with Crippen LogP contribution in [0.15, 0.2) is 33.8 Å². The second-order valence-corrected chi connectivity index (χ2v) is 10.2. The van der Waals surface area contributed by atoms with Crippen LogP contribution < -0.4 is 15.8 Å². The molecule has 4 atom stereocenters. The molecule has 7 N–H and O–H groups in total. The minimum atomic E-state index is -5.29. The molecule has 0 saturated carbocycles. The molecule has 3 aliphatic carbocycles. The summed E-state index contributed by atoms with van der Waals surface area (Å²) in [4.78, 5) is 55.2. The van der Waals surface area contributed by atoms with E-state index in [2.05, 4.69) is 14.8 Å². The van der Waals surface area contributed by atoms with Crippen molar-refractivity contribution in [1.82, 2.24) is 4.90 Å². The van der Waals surface area contributed by atoms with Crippen molar-refractivity contribution in [2.24, 2.45) is 22.7 Å². The fraction of sp³-hybridized carbons (Fsp3) is 0.440. The predicted octanol–water partition coefficient (Wildman–Crippen LogP) is 1.66. The summed E-state index contributed by atoms with van der Waals surface area (Å²) in [6.07, 6.45) is -6.16. The first kappa shape index (κ1) is 31.1. The molecule has 0 spiro atoms. The number of anilines is 1. The summed E-state index contributed by atoms with van der Waals surface area (Å²) in [5.74, 6) is -11.9. The molecule has 0 saturated heterocycles. The van der Waals surface area contributed by atoms with Crippen molar-refractivity contribution in [3.8, 4) is 11.5 Å².